The van der Waals surface area contributed by atoms with E-state index in [-0.39, 0.29) is 109 Å². The Morgan fingerprint density at radius 1 is 0.443 bits per heavy atom. The molecule has 10 atom stereocenters. The van der Waals surface area contributed by atoms with Crippen LogP contribution in [-0.2, 0) is 72.0 Å². The fourth-order valence-electron chi connectivity index (χ4n) is 10.7. The number of nitrogens with one attached hydrogen (secondary N) is 9. The molecule has 2 aliphatic rings. The molecule has 0 saturated carbocycles. The Hall–Kier alpha value is -8.29. The highest BCUT2D eigenvalue weighted by Gasteiger charge is 2.41. The van der Waals surface area contributed by atoms with Gasteiger partial charge in [0.15, 0.2) is 0 Å². The van der Waals surface area contributed by atoms with Crippen LogP contribution in [0.1, 0.15) is 115 Å². The molecule has 5 rings (SSSR count). The Balaban J connectivity index is 1.63. The van der Waals surface area contributed by atoms with Crippen molar-refractivity contribution < 1.29 is 52.7 Å². The number of amides is 11. The number of hydrogen-bond donors (Lipinski definition) is 13. The van der Waals surface area contributed by atoms with Crippen molar-refractivity contribution in [3.05, 3.63) is 108 Å². The van der Waals surface area contributed by atoms with Crippen molar-refractivity contribution in [1.82, 2.24) is 52.8 Å². The summed E-state index contributed by atoms with van der Waals surface area (Å²) < 4.78 is 0. The molecule has 3 aromatic rings. The van der Waals surface area contributed by atoms with Crippen LogP contribution in [0.15, 0.2) is 91.0 Å². The first-order valence-corrected chi connectivity index (χ1v) is 30.7. The van der Waals surface area contributed by atoms with Crippen LogP contribution in [-0.4, -0.2) is 156 Å². The van der Waals surface area contributed by atoms with Crippen molar-refractivity contribution in [3.63, 3.8) is 0 Å². The molecular formula is C63H92N14O11. The first-order chi connectivity index (χ1) is 42.1. The monoisotopic (exact) mass is 1220 g/mol. The van der Waals surface area contributed by atoms with Crippen LogP contribution in [0.4, 0.5) is 0 Å². The molecule has 2 saturated heterocycles. The zero-order valence-electron chi connectivity index (χ0n) is 51.1. The summed E-state index contributed by atoms with van der Waals surface area (Å²) in [6.07, 6.45) is 0.322. The molecule has 17 N–H and O–H groups in total. The number of hydrogen-bond acceptors (Lipinski definition) is 14. The van der Waals surface area contributed by atoms with Gasteiger partial charge in [-0.15, -0.1) is 0 Å². The minimum atomic E-state index is -1.53. The third-order valence-electron chi connectivity index (χ3n) is 15.5. The summed E-state index contributed by atoms with van der Waals surface area (Å²) in [4.78, 5) is 160. The quantitative estimate of drug-likeness (QED) is 0.0626. The van der Waals surface area contributed by atoms with E-state index in [2.05, 4.69) is 47.9 Å². The zero-order chi connectivity index (χ0) is 64.3. The average Bonchev–Trinajstić information content (AvgIpc) is 3.77. The van der Waals surface area contributed by atoms with Gasteiger partial charge in [-0.2, -0.15) is 0 Å². The maximum absolute atomic E-state index is 15.1. The summed E-state index contributed by atoms with van der Waals surface area (Å²) in [5.41, 5.74) is 25.2. The van der Waals surface area contributed by atoms with Crippen molar-refractivity contribution in [2.24, 2.45) is 34.8 Å². The van der Waals surface area contributed by atoms with Crippen LogP contribution >= 0.6 is 0 Å². The number of nitrogens with two attached hydrogens (primary N) is 4. The Kier molecular flexibility index (Phi) is 28.9. The van der Waals surface area contributed by atoms with E-state index in [4.69, 9.17) is 22.9 Å². The fourth-order valence-corrected chi connectivity index (χ4v) is 10.7. The van der Waals surface area contributed by atoms with Crippen LogP contribution in [0.3, 0.4) is 0 Å². The zero-order valence-corrected chi connectivity index (χ0v) is 51.1. The minimum absolute atomic E-state index is 0.0125. The maximum Gasteiger partial charge on any atom is 0.246 e. The van der Waals surface area contributed by atoms with Gasteiger partial charge in [0.05, 0.1) is 0 Å². The van der Waals surface area contributed by atoms with E-state index in [1.165, 1.54) is 4.90 Å². The molecule has 0 radical (unpaired) electrons. The highest BCUT2D eigenvalue weighted by atomic mass is 16.2. The Labute approximate surface area is 515 Å². The largest absolute Gasteiger partial charge is 0.370 e. The molecule has 2 aliphatic heterocycles. The molecule has 0 aromatic heterocycles. The highest BCUT2D eigenvalue weighted by Crippen LogP contribution is 2.22. The van der Waals surface area contributed by atoms with E-state index in [9.17, 15) is 47.9 Å². The third kappa shape index (κ3) is 22.5. The lowest BCUT2D eigenvalue weighted by Gasteiger charge is -2.32. The molecule has 0 unspecified atom stereocenters. The predicted molar refractivity (Wildman–Crippen MR) is 330 cm³/mol. The van der Waals surface area contributed by atoms with Crippen molar-refractivity contribution in [2.75, 3.05) is 26.2 Å². The third-order valence-corrected chi connectivity index (χ3v) is 15.5. The lowest BCUT2D eigenvalue weighted by Crippen LogP contribution is -2.62. The molecule has 0 spiro atoms. The van der Waals surface area contributed by atoms with Gasteiger partial charge < -0.3 is 75.7 Å². The lowest BCUT2D eigenvalue weighted by atomic mass is 9.99. The van der Waals surface area contributed by atoms with E-state index in [1.54, 1.807) is 105 Å². The summed E-state index contributed by atoms with van der Waals surface area (Å²) in [6.45, 7) is 7.40. The molecule has 25 nitrogen and oxygen atoms in total. The van der Waals surface area contributed by atoms with Crippen molar-refractivity contribution in [3.8, 4) is 0 Å². The molecule has 3 aromatic carbocycles. The van der Waals surface area contributed by atoms with E-state index < -0.39 is 138 Å². The van der Waals surface area contributed by atoms with Crippen LogP contribution in [0.5, 0.6) is 0 Å². The normalized spacial score (nSPS) is 24.6. The molecule has 0 bridgehead atoms. The van der Waals surface area contributed by atoms with E-state index in [1.807, 2.05) is 13.8 Å². The van der Waals surface area contributed by atoms with Gasteiger partial charge in [0.1, 0.15) is 60.4 Å². The van der Waals surface area contributed by atoms with Crippen molar-refractivity contribution >= 4 is 65.0 Å². The maximum atomic E-state index is 15.1. The van der Waals surface area contributed by atoms with Gasteiger partial charge in [0.25, 0.3) is 0 Å². The molecule has 88 heavy (non-hydrogen) atoms. The van der Waals surface area contributed by atoms with E-state index in [0.29, 0.717) is 23.1 Å². The molecule has 2 heterocycles. The van der Waals surface area contributed by atoms with Gasteiger partial charge in [-0.05, 0) is 112 Å². The number of nitrogens with zero attached hydrogens (tertiary/aromatic N) is 1. The van der Waals surface area contributed by atoms with Crippen molar-refractivity contribution in [2.45, 2.75) is 178 Å². The van der Waals surface area contributed by atoms with E-state index >= 15 is 4.79 Å². The SMILES string of the molecule is CC(C)C[C@@H]1NC(=O)[C@H](CCCN)NC(=O)[C@H](C(C)C)NC(=O)[C@H](CCCN)NC(=O)[C@H](CCC(N)=O)NC(=O)[C@H](CCCN)NC(=O)[C@@H](Cc2ccccc2)NC(=O)[C@H](Cc2ccccc2)NC(=O)[C@@H]2CCCN2C(=O)[C@@H](Cc2ccccc2)NC1=O. The molecule has 480 valence electrons. The second kappa shape index (κ2) is 36.1. The van der Waals surface area contributed by atoms with Gasteiger partial charge in [-0.3, -0.25) is 52.7 Å². The van der Waals surface area contributed by atoms with Crippen LogP contribution in [0.2, 0.25) is 0 Å². The number of benzene rings is 3. The van der Waals surface area contributed by atoms with Gasteiger partial charge in [-0.25, -0.2) is 0 Å². The van der Waals surface area contributed by atoms with Crippen molar-refractivity contribution in [1.29, 1.82) is 0 Å². The van der Waals surface area contributed by atoms with Gasteiger partial charge in [0.2, 0.25) is 65.0 Å². The molecular weight excluding hydrogens is 1130 g/mol. The average molecular weight is 1220 g/mol. The topological polar surface area (TPSA) is 403 Å². The summed E-state index contributed by atoms with van der Waals surface area (Å²) in [5.74, 6) is -9.34. The smallest absolute Gasteiger partial charge is 0.246 e. The Morgan fingerprint density at radius 3 is 1.19 bits per heavy atom. The summed E-state index contributed by atoms with van der Waals surface area (Å²) in [7, 11) is 0. The number of fused-ring (bicyclic) bond motifs is 1. The summed E-state index contributed by atoms with van der Waals surface area (Å²) >= 11 is 0. The number of primary amides is 1. The van der Waals surface area contributed by atoms with Gasteiger partial charge in [0, 0.05) is 32.2 Å². The predicted octanol–water partition coefficient (Wildman–Crippen LogP) is -0.733. The number of carbonyl (C=O) groups is 11. The molecule has 2 fully saturated rings. The lowest BCUT2D eigenvalue weighted by molar-refractivity contribution is -0.142. The Morgan fingerprint density at radius 2 is 0.784 bits per heavy atom. The Bertz CT molecular complexity index is 2810. The second-order valence-corrected chi connectivity index (χ2v) is 23.4. The summed E-state index contributed by atoms with van der Waals surface area (Å²) in [6, 6.07) is 13.2. The van der Waals surface area contributed by atoms with Gasteiger partial charge in [-0.1, -0.05) is 119 Å². The highest BCUT2D eigenvalue weighted by molar-refractivity contribution is 6.00. The first kappa shape index (κ1) is 70.5. The van der Waals surface area contributed by atoms with Crippen LogP contribution < -0.4 is 70.8 Å². The molecule has 11 amide bonds. The first-order valence-electron chi connectivity index (χ1n) is 30.7. The number of rotatable bonds is 21. The number of carbonyl (C=O) groups excluding carboxylic acids is 11. The molecule has 0 aliphatic carbocycles. The second-order valence-electron chi connectivity index (χ2n) is 23.4. The minimum Gasteiger partial charge on any atom is -0.370 e. The fraction of sp³-hybridized carbons (Fsp3) is 0.540. The molecule has 25 heteroatoms. The standard InChI is InChI=1S/C63H92N14O11/c1-38(2)34-47-58(83)75-50(37-42-22-12-7-13-23-42)63(88)77-33-17-27-51(77)61(86)74-49(36-41-20-10-6-11-21-41)60(85)73-48(35-40-18-8-5-9-19-40)59(84)69-43(24-14-30-64)54(79)70-46(28-29-52(67)78)56(81)68-45(26-16-32-66)57(82)76-53(39(3)4)62(87)71-44(25-15-31-65)55(80)72-47/h5-13,18-23,38-39,43-51,53H,14-17,24-37,64-66H2,1-4H3,(H2,67,78)(H,68,81)(H,69,84)(H,70,79)(H,71,87)(H,72,80)(H,73,85)(H,74,86)(H,75,83)(H,76,82)/t43-,44-,45-,46-,47-,48+,49-,50+,51-,53-/m0/s1. The van der Waals surface area contributed by atoms with Crippen LogP contribution in [0, 0.1) is 11.8 Å². The van der Waals surface area contributed by atoms with E-state index in [0.717, 1.165) is 0 Å². The van der Waals surface area contributed by atoms with Gasteiger partial charge >= 0.3 is 0 Å². The summed E-state index contributed by atoms with van der Waals surface area (Å²) in [5, 5.41) is 24.9. The van der Waals surface area contributed by atoms with Crippen LogP contribution in [0.25, 0.3) is 0 Å².